The Morgan fingerprint density at radius 2 is 2.62 bits per heavy atom. The molecule has 0 saturated heterocycles. The molecule has 0 aromatic rings. The summed E-state index contributed by atoms with van der Waals surface area (Å²) in [6.07, 6.45) is 0.462. The molecule has 0 heterocycles. The van der Waals surface area contributed by atoms with Crippen LogP contribution in [0.2, 0.25) is 0 Å². The quantitative estimate of drug-likeness (QED) is 0.174. The highest BCUT2D eigenvalue weighted by atomic mass is 16.5. The molecular weight excluding hydrogens is 108 g/mol. The molecular formula is C4H8N2O2. The summed E-state index contributed by atoms with van der Waals surface area (Å²) in [5, 5.41) is 3.02. The van der Waals surface area contributed by atoms with Gasteiger partial charge in [0.2, 0.25) is 6.29 Å². The summed E-state index contributed by atoms with van der Waals surface area (Å²) in [6, 6.07) is 0. The molecule has 0 spiro atoms. The summed E-state index contributed by atoms with van der Waals surface area (Å²) in [4.78, 5) is 9.79. The van der Waals surface area contributed by atoms with Gasteiger partial charge in [-0.2, -0.15) is 0 Å². The largest absolute Gasteiger partial charge is 0.475 e. The number of hydrazone groups is 1. The van der Waals surface area contributed by atoms with Gasteiger partial charge in [-0.15, -0.1) is 5.10 Å². The second-order valence-corrected chi connectivity index (χ2v) is 1.02. The van der Waals surface area contributed by atoms with E-state index in [0.717, 1.165) is 0 Å². The maximum Gasteiger partial charge on any atom is 0.271 e. The number of aldehydes is 1. The van der Waals surface area contributed by atoms with E-state index in [0.29, 0.717) is 12.9 Å². The summed E-state index contributed by atoms with van der Waals surface area (Å²) in [7, 11) is 0. The van der Waals surface area contributed by atoms with Crippen molar-refractivity contribution in [2.45, 2.75) is 6.92 Å². The zero-order valence-electron chi connectivity index (χ0n) is 4.63. The molecule has 8 heavy (non-hydrogen) atoms. The molecule has 4 heteroatoms. The first-order valence-electron chi connectivity index (χ1n) is 2.21. The van der Waals surface area contributed by atoms with Crippen LogP contribution in [0.3, 0.4) is 0 Å². The van der Waals surface area contributed by atoms with Gasteiger partial charge in [0.05, 0.1) is 6.61 Å². The Morgan fingerprint density at radius 3 is 2.75 bits per heavy atom. The molecule has 0 atom stereocenters. The van der Waals surface area contributed by atoms with Gasteiger partial charge in [0.25, 0.3) is 5.90 Å². The first-order valence-corrected chi connectivity index (χ1v) is 2.21. The third-order valence-electron chi connectivity index (χ3n) is 0.520. The minimum Gasteiger partial charge on any atom is -0.475 e. The van der Waals surface area contributed by atoms with Crippen LogP contribution in [0.15, 0.2) is 5.10 Å². The lowest BCUT2D eigenvalue weighted by Gasteiger charge is -1.94. The van der Waals surface area contributed by atoms with Crippen LogP contribution < -0.4 is 5.84 Å². The van der Waals surface area contributed by atoms with Gasteiger partial charge in [-0.3, -0.25) is 4.79 Å². The van der Waals surface area contributed by atoms with E-state index >= 15 is 0 Å². The van der Waals surface area contributed by atoms with Crippen molar-refractivity contribution in [3.05, 3.63) is 0 Å². The van der Waals surface area contributed by atoms with Crippen LogP contribution in [0.5, 0.6) is 0 Å². The lowest BCUT2D eigenvalue weighted by atomic mass is 10.7. The first-order chi connectivity index (χ1) is 3.85. The standard InChI is InChI=1S/C4H8N2O2/c1-2-8-4(3-7)6-5/h3H,2,5H2,1H3/b6-4+. The maximum absolute atomic E-state index is 9.79. The fourth-order valence-corrected chi connectivity index (χ4v) is 0.250. The van der Waals surface area contributed by atoms with E-state index in [-0.39, 0.29) is 5.90 Å². The van der Waals surface area contributed by atoms with E-state index in [9.17, 15) is 4.79 Å². The van der Waals surface area contributed by atoms with Crippen molar-refractivity contribution in [3.63, 3.8) is 0 Å². The second-order valence-electron chi connectivity index (χ2n) is 1.02. The number of nitrogens with zero attached hydrogens (tertiary/aromatic N) is 1. The number of carbonyl (C=O) groups is 1. The van der Waals surface area contributed by atoms with E-state index in [1.165, 1.54) is 0 Å². The SMILES string of the molecule is CCO/C(C=O)=N/N. The number of rotatable bonds is 2. The fraction of sp³-hybridized carbons (Fsp3) is 0.500. The van der Waals surface area contributed by atoms with Crippen molar-refractivity contribution in [1.82, 2.24) is 0 Å². The molecule has 0 aromatic heterocycles. The van der Waals surface area contributed by atoms with E-state index < -0.39 is 0 Å². The molecule has 0 rings (SSSR count). The summed E-state index contributed by atoms with van der Waals surface area (Å²) in [5.74, 6) is 4.64. The number of nitrogens with two attached hydrogens (primary N) is 1. The van der Waals surface area contributed by atoms with Gasteiger partial charge in [0, 0.05) is 0 Å². The van der Waals surface area contributed by atoms with Crippen LogP contribution in [0.25, 0.3) is 0 Å². The molecule has 0 aliphatic heterocycles. The molecule has 0 saturated carbocycles. The van der Waals surface area contributed by atoms with Gasteiger partial charge in [-0.05, 0) is 6.92 Å². The van der Waals surface area contributed by atoms with Crippen LogP contribution >= 0.6 is 0 Å². The molecule has 0 aromatic carbocycles. The van der Waals surface area contributed by atoms with Crippen molar-refractivity contribution in [3.8, 4) is 0 Å². The van der Waals surface area contributed by atoms with Crippen LogP contribution in [0.1, 0.15) is 6.92 Å². The topological polar surface area (TPSA) is 64.7 Å². The van der Waals surface area contributed by atoms with Crippen LogP contribution in [-0.4, -0.2) is 18.8 Å². The third-order valence-corrected chi connectivity index (χ3v) is 0.520. The third kappa shape index (κ3) is 2.17. The number of hydrogen-bond acceptors (Lipinski definition) is 4. The molecule has 0 aliphatic carbocycles. The monoisotopic (exact) mass is 116 g/mol. The van der Waals surface area contributed by atoms with E-state index in [2.05, 4.69) is 9.84 Å². The van der Waals surface area contributed by atoms with Crippen LogP contribution in [0, 0.1) is 0 Å². The molecule has 2 N–H and O–H groups in total. The highest BCUT2D eigenvalue weighted by Crippen LogP contribution is 1.72. The zero-order chi connectivity index (χ0) is 6.41. The van der Waals surface area contributed by atoms with Crippen molar-refractivity contribution in [1.29, 1.82) is 0 Å². The number of hydrogen-bond donors (Lipinski definition) is 1. The Bertz CT molecular complexity index is 100. The Hall–Kier alpha value is -1.06. The van der Waals surface area contributed by atoms with Crippen molar-refractivity contribution in [2.24, 2.45) is 10.9 Å². The van der Waals surface area contributed by atoms with Crippen molar-refractivity contribution in [2.75, 3.05) is 6.61 Å². The Kier molecular flexibility index (Phi) is 3.56. The van der Waals surface area contributed by atoms with E-state index in [4.69, 9.17) is 5.84 Å². The molecule has 0 fully saturated rings. The van der Waals surface area contributed by atoms with Crippen LogP contribution in [-0.2, 0) is 9.53 Å². The lowest BCUT2D eigenvalue weighted by Crippen LogP contribution is -2.07. The highest BCUT2D eigenvalue weighted by Gasteiger charge is 1.90. The Morgan fingerprint density at radius 1 is 2.00 bits per heavy atom. The predicted octanol–water partition coefficient (Wildman–Crippen LogP) is -0.506. The zero-order valence-corrected chi connectivity index (χ0v) is 4.63. The number of ether oxygens (including phenoxy) is 1. The molecule has 0 unspecified atom stereocenters. The summed E-state index contributed by atoms with van der Waals surface area (Å²) >= 11 is 0. The van der Waals surface area contributed by atoms with Gasteiger partial charge < -0.3 is 10.6 Å². The molecule has 46 valence electrons. The van der Waals surface area contributed by atoms with E-state index in [1.807, 2.05) is 0 Å². The maximum atomic E-state index is 9.79. The normalized spacial score (nSPS) is 10.9. The molecule has 0 amide bonds. The summed E-state index contributed by atoms with van der Waals surface area (Å²) in [5.41, 5.74) is 0. The van der Waals surface area contributed by atoms with Gasteiger partial charge in [-0.1, -0.05) is 0 Å². The second kappa shape index (κ2) is 4.11. The van der Waals surface area contributed by atoms with E-state index in [1.54, 1.807) is 6.92 Å². The minimum atomic E-state index is -0.0625. The average molecular weight is 116 g/mol. The molecule has 0 bridgehead atoms. The lowest BCUT2D eigenvalue weighted by molar-refractivity contribution is -0.103. The molecule has 0 radical (unpaired) electrons. The minimum absolute atomic E-state index is 0.0625. The highest BCUT2D eigenvalue weighted by molar-refractivity contribution is 6.23. The van der Waals surface area contributed by atoms with Gasteiger partial charge in [0.1, 0.15) is 0 Å². The average Bonchev–Trinajstić information content (AvgIpc) is 1.83. The smallest absolute Gasteiger partial charge is 0.271 e. The van der Waals surface area contributed by atoms with Crippen molar-refractivity contribution < 1.29 is 9.53 Å². The Labute approximate surface area is 47.3 Å². The van der Waals surface area contributed by atoms with Gasteiger partial charge in [-0.25, -0.2) is 0 Å². The van der Waals surface area contributed by atoms with Crippen molar-refractivity contribution >= 4 is 12.2 Å². The number of carbonyl (C=O) groups excluding carboxylic acids is 1. The van der Waals surface area contributed by atoms with Gasteiger partial charge >= 0.3 is 0 Å². The molecule has 0 aliphatic rings. The first kappa shape index (κ1) is 6.94. The predicted molar refractivity (Wildman–Crippen MR) is 29.3 cm³/mol. The summed E-state index contributed by atoms with van der Waals surface area (Å²) < 4.78 is 4.60. The van der Waals surface area contributed by atoms with Crippen LogP contribution in [0.4, 0.5) is 0 Å². The Balaban J connectivity index is 3.54. The summed E-state index contributed by atoms with van der Waals surface area (Å²) in [6.45, 7) is 2.16. The molecule has 4 nitrogen and oxygen atoms in total. The van der Waals surface area contributed by atoms with Gasteiger partial charge in [0.15, 0.2) is 0 Å². The fourth-order valence-electron chi connectivity index (χ4n) is 0.250.